The van der Waals surface area contributed by atoms with E-state index in [2.05, 4.69) is 15.3 Å². The van der Waals surface area contributed by atoms with Crippen LogP contribution in [0.1, 0.15) is 16.8 Å². The molecule has 0 atom stereocenters. The summed E-state index contributed by atoms with van der Waals surface area (Å²) in [4.78, 5) is 8.08. The van der Waals surface area contributed by atoms with Gasteiger partial charge < -0.3 is 10.1 Å². The van der Waals surface area contributed by atoms with Crippen molar-refractivity contribution in [3.05, 3.63) is 77.5 Å². The number of anilines is 1. The second-order valence-corrected chi connectivity index (χ2v) is 5.37. The van der Waals surface area contributed by atoms with Crippen LogP contribution in [0.15, 0.2) is 54.9 Å². The summed E-state index contributed by atoms with van der Waals surface area (Å²) in [5.74, 6) is 1.43. The quantitative estimate of drug-likeness (QED) is 0.757. The summed E-state index contributed by atoms with van der Waals surface area (Å²) in [6, 6.07) is 13.6. The lowest BCUT2D eigenvalue weighted by atomic mass is 10.1. The summed E-state index contributed by atoms with van der Waals surface area (Å²) >= 11 is 0. The Bertz CT molecular complexity index is 919. The highest BCUT2D eigenvalue weighted by Crippen LogP contribution is 2.26. The fourth-order valence-electron chi connectivity index (χ4n) is 2.30. The number of aryl methyl sites for hydroxylation is 1. The normalized spacial score (nSPS) is 10.1. The zero-order valence-corrected chi connectivity index (χ0v) is 13.5. The second kappa shape index (κ2) is 7.41. The largest absolute Gasteiger partial charge is 0.457 e. The molecular weight excluding hydrogens is 319 g/mol. The molecule has 5 nitrogen and oxygen atoms in total. The molecule has 0 saturated carbocycles. The first kappa shape index (κ1) is 16.4. The predicted molar refractivity (Wildman–Crippen MR) is 91.7 cm³/mol. The second-order valence-electron chi connectivity index (χ2n) is 5.37. The molecule has 0 bridgehead atoms. The van der Waals surface area contributed by atoms with Crippen molar-refractivity contribution in [1.82, 2.24) is 9.97 Å². The molecule has 1 aromatic heterocycles. The summed E-state index contributed by atoms with van der Waals surface area (Å²) in [7, 11) is 0. The van der Waals surface area contributed by atoms with Crippen molar-refractivity contribution >= 4 is 5.82 Å². The fraction of sp³-hybridized carbons (Fsp3) is 0.105. The van der Waals surface area contributed by atoms with Crippen LogP contribution in [0.5, 0.6) is 11.5 Å². The molecule has 1 heterocycles. The molecule has 0 unspecified atom stereocenters. The van der Waals surface area contributed by atoms with Gasteiger partial charge >= 0.3 is 0 Å². The molecule has 0 spiro atoms. The van der Waals surface area contributed by atoms with E-state index in [1.165, 1.54) is 24.5 Å². The fourth-order valence-corrected chi connectivity index (χ4v) is 2.30. The van der Waals surface area contributed by atoms with Crippen molar-refractivity contribution in [2.75, 3.05) is 5.32 Å². The average molecular weight is 334 g/mol. The van der Waals surface area contributed by atoms with Gasteiger partial charge in [-0.3, -0.25) is 0 Å². The lowest BCUT2D eigenvalue weighted by molar-refractivity contribution is 0.476. The molecule has 0 aliphatic heterocycles. The van der Waals surface area contributed by atoms with Gasteiger partial charge in [-0.1, -0.05) is 12.1 Å². The third-order valence-corrected chi connectivity index (χ3v) is 3.54. The first-order valence-electron chi connectivity index (χ1n) is 7.63. The monoisotopic (exact) mass is 334 g/mol. The van der Waals surface area contributed by atoms with E-state index in [4.69, 9.17) is 10.00 Å². The van der Waals surface area contributed by atoms with Crippen molar-refractivity contribution in [2.24, 2.45) is 0 Å². The smallest absolute Gasteiger partial charge is 0.182 e. The molecule has 2 aromatic carbocycles. The van der Waals surface area contributed by atoms with Crippen LogP contribution in [0.3, 0.4) is 0 Å². The first-order valence-corrected chi connectivity index (χ1v) is 7.63. The Morgan fingerprint density at radius 2 is 1.88 bits per heavy atom. The van der Waals surface area contributed by atoms with Gasteiger partial charge in [-0.2, -0.15) is 5.26 Å². The zero-order valence-electron chi connectivity index (χ0n) is 13.5. The summed E-state index contributed by atoms with van der Waals surface area (Å²) < 4.78 is 18.7. The van der Waals surface area contributed by atoms with Gasteiger partial charge in [0.05, 0.1) is 0 Å². The maximum atomic E-state index is 12.9. The van der Waals surface area contributed by atoms with E-state index < -0.39 is 0 Å². The van der Waals surface area contributed by atoms with Crippen molar-refractivity contribution < 1.29 is 9.13 Å². The van der Waals surface area contributed by atoms with E-state index in [0.717, 1.165) is 11.1 Å². The third kappa shape index (κ3) is 4.09. The Morgan fingerprint density at radius 1 is 1.12 bits per heavy atom. The number of benzene rings is 2. The van der Waals surface area contributed by atoms with Gasteiger partial charge in [0.1, 0.15) is 23.4 Å². The summed E-state index contributed by atoms with van der Waals surface area (Å²) in [5, 5.41) is 12.1. The van der Waals surface area contributed by atoms with Crippen molar-refractivity contribution in [3.8, 4) is 17.6 Å². The highest BCUT2D eigenvalue weighted by molar-refractivity contribution is 5.48. The van der Waals surface area contributed by atoms with Gasteiger partial charge in [-0.05, 0) is 48.4 Å². The lowest BCUT2D eigenvalue weighted by Gasteiger charge is -2.11. The number of ether oxygens (including phenoxy) is 1. The Kier molecular flexibility index (Phi) is 4.86. The van der Waals surface area contributed by atoms with E-state index in [-0.39, 0.29) is 11.5 Å². The van der Waals surface area contributed by atoms with E-state index in [0.29, 0.717) is 23.9 Å². The maximum Gasteiger partial charge on any atom is 0.182 e. The van der Waals surface area contributed by atoms with Crippen LogP contribution in [0.25, 0.3) is 0 Å². The number of nitriles is 1. The lowest BCUT2D eigenvalue weighted by Crippen LogP contribution is -2.04. The van der Waals surface area contributed by atoms with Gasteiger partial charge in [0.2, 0.25) is 0 Å². The van der Waals surface area contributed by atoms with Crippen LogP contribution in [0.2, 0.25) is 0 Å². The Hall–Kier alpha value is -3.46. The SMILES string of the molecule is Cc1cc(CNc2nccnc2C#N)ccc1Oc1ccc(F)cc1. The minimum Gasteiger partial charge on any atom is -0.457 e. The van der Waals surface area contributed by atoms with Gasteiger partial charge in [-0.25, -0.2) is 14.4 Å². The topological polar surface area (TPSA) is 70.8 Å². The molecule has 3 rings (SSSR count). The van der Waals surface area contributed by atoms with E-state index in [1.54, 1.807) is 12.1 Å². The van der Waals surface area contributed by atoms with E-state index in [1.807, 2.05) is 31.2 Å². The van der Waals surface area contributed by atoms with Gasteiger partial charge in [0, 0.05) is 18.9 Å². The van der Waals surface area contributed by atoms with Crippen LogP contribution < -0.4 is 10.1 Å². The minimum atomic E-state index is -0.300. The van der Waals surface area contributed by atoms with Crippen molar-refractivity contribution in [2.45, 2.75) is 13.5 Å². The number of halogens is 1. The number of hydrogen-bond donors (Lipinski definition) is 1. The zero-order chi connectivity index (χ0) is 17.6. The van der Waals surface area contributed by atoms with Crippen LogP contribution >= 0.6 is 0 Å². The van der Waals surface area contributed by atoms with Gasteiger partial charge in [0.25, 0.3) is 0 Å². The number of rotatable bonds is 5. The Morgan fingerprint density at radius 3 is 2.60 bits per heavy atom. The predicted octanol–water partition coefficient (Wildman–Crippen LogP) is 4.20. The molecule has 0 radical (unpaired) electrons. The standard InChI is InChI=1S/C19H15FN4O/c1-13-10-14(12-24-19-17(11-21)22-8-9-23-19)2-7-18(13)25-16-5-3-15(20)4-6-16/h2-10H,12H2,1H3,(H,23,24). The van der Waals surface area contributed by atoms with Crippen molar-refractivity contribution in [1.29, 1.82) is 5.26 Å². The first-order chi connectivity index (χ1) is 12.2. The van der Waals surface area contributed by atoms with Gasteiger partial charge in [-0.15, -0.1) is 0 Å². The molecular formula is C19H15FN4O. The molecule has 0 aliphatic rings. The highest BCUT2D eigenvalue weighted by atomic mass is 19.1. The third-order valence-electron chi connectivity index (χ3n) is 3.54. The van der Waals surface area contributed by atoms with Crippen LogP contribution in [0.4, 0.5) is 10.2 Å². The summed E-state index contributed by atoms with van der Waals surface area (Å²) in [6.07, 6.45) is 3.02. The molecule has 0 aliphatic carbocycles. The van der Waals surface area contributed by atoms with Crippen LogP contribution in [-0.2, 0) is 6.54 Å². The summed E-state index contributed by atoms with van der Waals surface area (Å²) in [6.45, 7) is 2.44. The molecule has 1 N–H and O–H groups in total. The summed E-state index contributed by atoms with van der Waals surface area (Å²) in [5.41, 5.74) is 2.22. The van der Waals surface area contributed by atoms with Crippen LogP contribution in [0, 0.1) is 24.1 Å². The number of nitrogens with one attached hydrogen (secondary N) is 1. The molecule has 124 valence electrons. The van der Waals surface area contributed by atoms with Crippen LogP contribution in [-0.4, -0.2) is 9.97 Å². The van der Waals surface area contributed by atoms with Gasteiger partial charge in [0.15, 0.2) is 11.5 Å². The minimum absolute atomic E-state index is 0.260. The number of aromatic nitrogens is 2. The number of nitrogens with zero attached hydrogens (tertiary/aromatic N) is 3. The highest BCUT2D eigenvalue weighted by Gasteiger charge is 2.06. The molecule has 6 heteroatoms. The van der Waals surface area contributed by atoms with E-state index >= 15 is 0 Å². The number of hydrogen-bond acceptors (Lipinski definition) is 5. The molecule has 0 amide bonds. The Labute approximate surface area is 144 Å². The molecule has 0 saturated heterocycles. The Balaban J connectivity index is 1.69. The maximum absolute atomic E-state index is 12.9. The molecule has 3 aromatic rings. The molecule has 0 fully saturated rings. The van der Waals surface area contributed by atoms with Crippen molar-refractivity contribution in [3.63, 3.8) is 0 Å². The van der Waals surface area contributed by atoms with E-state index in [9.17, 15) is 4.39 Å². The molecule has 25 heavy (non-hydrogen) atoms. The average Bonchev–Trinajstić information content (AvgIpc) is 2.64.